The first-order valence-electron chi connectivity index (χ1n) is 6.79. The number of amides is 2. The number of carbonyl (C=O) groups excluding carboxylic acids is 2. The first-order valence-corrected chi connectivity index (χ1v) is 6.79. The van der Waals surface area contributed by atoms with E-state index < -0.39 is 18.3 Å². The zero-order valence-electron chi connectivity index (χ0n) is 12.5. The zero-order valence-corrected chi connectivity index (χ0v) is 12.5. The van der Waals surface area contributed by atoms with Gasteiger partial charge in [-0.05, 0) is 30.3 Å². The number of para-hydroxylation sites is 1. The minimum atomic E-state index is -3.10. The van der Waals surface area contributed by atoms with Crippen LogP contribution in [-0.4, -0.2) is 18.4 Å². The van der Waals surface area contributed by atoms with E-state index in [4.69, 9.17) is 0 Å². The average Bonchev–Trinajstić information content (AvgIpc) is 2.50. The van der Waals surface area contributed by atoms with Gasteiger partial charge in [0.1, 0.15) is 11.6 Å². The number of hydrogen-bond donors (Lipinski definition) is 2. The summed E-state index contributed by atoms with van der Waals surface area (Å²) in [5.74, 6) is -2.27. The summed E-state index contributed by atoms with van der Waals surface area (Å²) in [6.45, 7) is -1.82. The predicted molar refractivity (Wildman–Crippen MR) is 81.7 cm³/mol. The summed E-state index contributed by atoms with van der Waals surface area (Å²) in [5.41, 5.74) is -0.114. The lowest BCUT2D eigenvalue weighted by Crippen LogP contribution is -2.16. The summed E-state index contributed by atoms with van der Waals surface area (Å²) in [6, 6.07) is 8.94. The molecule has 0 aromatic heterocycles. The second-order valence-electron chi connectivity index (χ2n) is 4.70. The third-order valence-corrected chi connectivity index (χ3v) is 2.88. The number of hydrogen-bond acceptors (Lipinski definition) is 3. The summed E-state index contributed by atoms with van der Waals surface area (Å²) in [5, 5.41) is 4.71. The van der Waals surface area contributed by atoms with Crippen molar-refractivity contribution in [3.05, 3.63) is 53.8 Å². The number of ether oxygens (including phenoxy) is 1. The second-order valence-corrected chi connectivity index (χ2v) is 4.70. The summed E-state index contributed by atoms with van der Waals surface area (Å²) in [6.07, 6.45) is 0. The summed E-state index contributed by atoms with van der Waals surface area (Å²) >= 11 is 0. The van der Waals surface area contributed by atoms with E-state index >= 15 is 0 Å². The molecule has 0 radical (unpaired) electrons. The first kappa shape index (κ1) is 17.3. The molecule has 8 heteroatoms. The maximum absolute atomic E-state index is 13.8. The third-order valence-electron chi connectivity index (χ3n) is 2.88. The van der Waals surface area contributed by atoms with Gasteiger partial charge in [0.15, 0.2) is 0 Å². The Morgan fingerprint density at radius 3 is 2.46 bits per heavy atom. The highest BCUT2D eigenvalue weighted by Gasteiger charge is 2.17. The molecule has 0 heterocycles. The molecule has 0 fully saturated rings. The Labute approximate surface area is 135 Å². The Morgan fingerprint density at radius 1 is 1.08 bits per heavy atom. The lowest BCUT2D eigenvalue weighted by molar-refractivity contribution is -0.114. The van der Waals surface area contributed by atoms with E-state index in [9.17, 15) is 22.8 Å². The quantitative estimate of drug-likeness (QED) is 0.875. The Kier molecular flexibility index (Phi) is 5.41. The molecule has 0 unspecified atom stereocenters. The minimum absolute atomic E-state index is 0.179. The van der Waals surface area contributed by atoms with Crippen LogP contribution in [0.4, 0.5) is 24.5 Å². The molecule has 0 spiro atoms. The summed E-state index contributed by atoms with van der Waals surface area (Å²) in [4.78, 5) is 23.2. The van der Waals surface area contributed by atoms with E-state index in [1.807, 2.05) is 0 Å². The van der Waals surface area contributed by atoms with Crippen LogP contribution < -0.4 is 15.4 Å². The molecular formula is C16H13F3N2O3. The molecule has 2 aromatic rings. The normalized spacial score (nSPS) is 10.4. The van der Waals surface area contributed by atoms with E-state index in [1.54, 1.807) is 0 Å². The Balaban J connectivity index is 2.25. The molecule has 2 N–H and O–H groups in total. The number of rotatable bonds is 5. The molecule has 2 amide bonds. The molecule has 0 saturated carbocycles. The standard InChI is InChI=1S/C16H13F3N2O3/c1-9(22)20-10-6-7-12(17)13(8-10)21-15(23)11-4-2-3-5-14(11)24-16(18)19/h2-8,16H,1H3,(H,20,22)(H,21,23). The Hall–Kier alpha value is -3.03. The smallest absolute Gasteiger partial charge is 0.387 e. The van der Waals surface area contributed by atoms with Crippen molar-refractivity contribution >= 4 is 23.2 Å². The van der Waals surface area contributed by atoms with Gasteiger partial charge in [0.2, 0.25) is 5.91 Å². The maximum Gasteiger partial charge on any atom is 0.387 e. The molecule has 5 nitrogen and oxygen atoms in total. The molecule has 0 aliphatic carbocycles. The number of halogens is 3. The monoisotopic (exact) mass is 338 g/mol. The van der Waals surface area contributed by atoms with Crippen molar-refractivity contribution in [1.29, 1.82) is 0 Å². The fourth-order valence-electron chi connectivity index (χ4n) is 1.94. The van der Waals surface area contributed by atoms with Gasteiger partial charge in [-0.25, -0.2) is 4.39 Å². The largest absolute Gasteiger partial charge is 0.434 e. The number of nitrogens with one attached hydrogen (secondary N) is 2. The van der Waals surface area contributed by atoms with Gasteiger partial charge < -0.3 is 15.4 Å². The molecule has 24 heavy (non-hydrogen) atoms. The predicted octanol–water partition coefficient (Wildman–Crippen LogP) is 3.64. The van der Waals surface area contributed by atoms with Crippen molar-refractivity contribution < 1.29 is 27.5 Å². The van der Waals surface area contributed by atoms with Crippen LogP contribution in [0.3, 0.4) is 0 Å². The van der Waals surface area contributed by atoms with E-state index in [2.05, 4.69) is 15.4 Å². The van der Waals surface area contributed by atoms with E-state index in [-0.39, 0.29) is 28.6 Å². The molecule has 0 atom stereocenters. The third kappa shape index (κ3) is 4.48. The topological polar surface area (TPSA) is 67.4 Å². The first-order chi connectivity index (χ1) is 11.4. The number of carbonyl (C=O) groups is 2. The number of alkyl halides is 2. The molecule has 0 bridgehead atoms. The van der Waals surface area contributed by atoms with E-state index in [0.29, 0.717) is 0 Å². The molecular weight excluding hydrogens is 325 g/mol. The highest BCUT2D eigenvalue weighted by Crippen LogP contribution is 2.24. The SMILES string of the molecule is CC(=O)Nc1ccc(F)c(NC(=O)c2ccccc2OC(F)F)c1. The van der Waals surface area contributed by atoms with Crippen LogP contribution in [0.5, 0.6) is 5.75 Å². The van der Waals surface area contributed by atoms with Gasteiger partial charge in [-0.15, -0.1) is 0 Å². The van der Waals surface area contributed by atoms with Gasteiger partial charge in [0.25, 0.3) is 5.91 Å². The van der Waals surface area contributed by atoms with E-state index in [0.717, 1.165) is 6.07 Å². The van der Waals surface area contributed by atoms with Crippen molar-refractivity contribution in [2.75, 3.05) is 10.6 Å². The van der Waals surface area contributed by atoms with Crippen molar-refractivity contribution in [1.82, 2.24) is 0 Å². The van der Waals surface area contributed by atoms with Crippen LogP contribution in [-0.2, 0) is 4.79 Å². The van der Waals surface area contributed by atoms with Gasteiger partial charge >= 0.3 is 6.61 Å². The van der Waals surface area contributed by atoms with Crippen LogP contribution in [0.25, 0.3) is 0 Å². The molecule has 126 valence electrons. The molecule has 0 aliphatic rings. The van der Waals surface area contributed by atoms with Crippen molar-refractivity contribution in [3.8, 4) is 5.75 Å². The van der Waals surface area contributed by atoms with Gasteiger partial charge in [-0.2, -0.15) is 8.78 Å². The Morgan fingerprint density at radius 2 is 1.79 bits per heavy atom. The van der Waals surface area contributed by atoms with Crippen LogP contribution in [0.15, 0.2) is 42.5 Å². The van der Waals surface area contributed by atoms with Crippen LogP contribution in [0.1, 0.15) is 17.3 Å². The highest BCUT2D eigenvalue weighted by atomic mass is 19.3. The molecule has 0 saturated heterocycles. The zero-order chi connectivity index (χ0) is 17.7. The lowest BCUT2D eigenvalue weighted by atomic mass is 10.1. The van der Waals surface area contributed by atoms with Crippen molar-refractivity contribution in [2.45, 2.75) is 13.5 Å². The lowest BCUT2D eigenvalue weighted by Gasteiger charge is -2.12. The van der Waals surface area contributed by atoms with Crippen LogP contribution in [0, 0.1) is 5.82 Å². The van der Waals surface area contributed by atoms with Gasteiger partial charge in [-0.1, -0.05) is 12.1 Å². The fraction of sp³-hybridized carbons (Fsp3) is 0.125. The number of anilines is 2. The fourth-order valence-corrected chi connectivity index (χ4v) is 1.94. The number of benzene rings is 2. The van der Waals surface area contributed by atoms with E-state index in [1.165, 1.54) is 43.3 Å². The maximum atomic E-state index is 13.8. The summed E-state index contributed by atoms with van der Waals surface area (Å²) < 4.78 is 42.8. The highest BCUT2D eigenvalue weighted by molar-refractivity contribution is 6.06. The van der Waals surface area contributed by atoms with Gasteiger partial charge in [-0.3, -0.25) is 9.59 Å². The van der Waals surface area contributed by atoms with Crippen molar-refractivity contribution in [2.24, 2.45) is 0 Å². The van der Waals surface area contributed by atoms with Crippen LogP contribution in [0.2, 0.25) is 0 Å². The van der Waals surface area contributed by atoms with Gasteiger partial charge in [0.05, 0.1) is 11.3 Å². The summed E-state index contributed by atoms with van der Waals surface area (Å²) in [7, 11) is 0. The second kappa shape index (κ2) is 7.49. The van der Waals surface area contributed by atoms with Crippen molar-refractivity contribution in [3.63, 3.8) is 0 Å². The molecule has 2 aromatic carbocycles. The minimum Gasteiger partial charge on any atom is -0.434 e. The Bertz CT molecular complexity index is 766. The molecule has 2 rings (SSSR count). The molecule has 0 aliphatic heterocycles. The average molecular weight is 338 g/mol. The van der Waals surface area contributed by atoms with Crippen LogP contribution >= 0.6 is 0 Å². The van der Waals surface area contributed by atoms with Gasteiger partial charge in [0, 0.05) is 12.6 Å².